The standard InChI is InChI=1S/C18H17FN2OS/c1-21(2)14-7-4-12(5-8-14)18-20-16(11-23-18)15-10-13(19)6-9-17(15)22-3/h4-11H,1-3H3. The fraction of sp³-hybridized carbons (Fsp3) is 0.167. The van der Waals surface area contributed by atoms with Gasteiger partial charge in [-0.3, -0.25) is 0 Å². The molecule has 0 N–H and O–H groups in total. The van der Waals surface area contributed by atoms with E-state index < -0.39 is 0 Å². The number of rotatable bonds is 4. The number of hydrogen-bond donors (Lipinski definition) is 0. The molecule has 2 aromatic carbocycles. The smallest absolute Gasteiger partial charge is 0.128 e. The molecule has 5 heteroatoms. The van der Waals surface area contributed by atoms with E-state index >= 15 is 0 Å². The quantitative estimate of drug-likeness (QED) is 0.695. The van der Waals surface area contributed by atoms with E-state index in [-0.39, 0.29) is 5.82 Å². The summed E-state index contributed by atoms with van der Waals surface area (Å²) in [5, 5.41) is 2.82. The highest BCUT2D eigenvalue weighted by atomic mass is 32.1. The van der Waals surface area contributed by atoms with E-state index in [2.05, 4.69) is 22.0 Å². The van der Waals surface area contributed by atoms with Crippen LogP contribution in [0.15, 0.2) is 47.8 Å². The van der Waals surface area contributed by atoms with Crippen molar-refractivity contribution in [3.05, 3.63) is 53.7 Å². The normalized spacial score (nSPS) is 10.6. The van der Waals surface area contributed by atoms with Gasteiger partial charge in [0.05, 0.1) is 12.8 Å². The minimum absolute atomic E-state index is 0.300. The molecule has 1 heterocycles. The summed E-state index contributed by atoms with van der Waals surface area (Å²) in [5.74, 6) is 0.317. The number of halogens is 1. The highest BCUT2D eigenvalue weighted by molar-refractivity contribution is 7.13. The number of benzene rings is 2. The van der Waals surface area contributed by atoms with Gasteiger partial charge in [-0.1, -0.05) is 0 Å². The molecule has 0 spiro atoms. The Morgan fingerprint density at radius 3 is 2.48 bits per heavy atom. The van der Waals surface area contributed by atoms with Crippen LogP contribution in [0.25, 0.3) is 21.8 Å². The predicted molar refractivity (Wildman–Crippen MR) is 93.8 cm³/mol. The summed E-state index contributed by atoms with van der Waals surface area (Å²) in [7, 11) is 5.59. The maximum atomic E-state index is 13.5. The summed E-state index contributed by atoms with van der Waals surface area (Å²) < 4.78 is 18.8. The average Bonchev–Trinajstić information content (AvgIpc) is 3.04. The van der Waals surface area contributed by atoms with Crippen LogP contribution in [-0.4, -0.2) is 26.2 Å². The first kappa shape index (κ1) is 15.5. The molecule has 0 unspecified atom stereocenters. The van der Waals surface area contributed by atoms with Crippen molar-refractivity contribution in [2.75, 3.05) is 26.1 Å². The fourth-order valence-corrected chi connectivity index (χ4v) is 3.14. The largest absolute Gasteiger partial charge is 0.496 e. The summed E-state index contributed by atoms with van der Waals surface area (Å²) in [6.45, 7) is 0. The molecule has 0 saturated carbocycles. The molecule has 0 aliphatic carbocycles. The zero-order valence-corrected chi connectivity index (χ0v) is 14.0. The average molecular weight is 328 g/mol. The lowest BCUT2D eigenvalue weighted by atomic mass is 10.1. The number of thiazole rings is 1. The zero-order valence-electron chi connectivity index (χ0n) is 13.2. The number of methoxy groups -OCH3 is 1. The highest BCUT2D eigenvalue weighted by Crippen LogP contribution is 2.34. The van der Waals surface area contributed by atoms with Gasteiger partial charge < -0.3 is 9.64 Å². The Balaban J connectivity index is 1.96. The summed E-state index contributed by atoms with van der Waals surface area (Å²) >= 11 is 1.53. The van der Waals surface area contributed by atoms with E-state index in [4.69, 9.17) is 4.74 Å². The SMILES string of the molecule is COc1ccc(F)cc1-c1csc(-c2ccc(N(C)C)cc2)n1. The van der Waals surface area contributed by atoms with Crippen molar-refractivity contribution in [3.8, 4) is 27.6 Å². The molecule has 0 atom stereocenters. The fourth-order valence-electron chi connectivity index (χ4n) is 2.31. The lowest BCUT2D eigenvalue weighted by Gasteiger charge is -2.12. The molecular formula is C18H17FN2OS. The number of aromatic nitrogens is 1. The molecule has 23 heavy (non-hydrogen) atoms. The van der Waals surface area contributed by atoms with Crippen LogP contribution in [0.5, 0.6) is 5.75 Å². The van der Waals surface area contributed by atoms with Gasteiger partial charge in [0.25, 0.3) is 0 Å². The van der Waals surface area contributed by atoms with Gasteiger partial charge in [-0.2, -0.15) is 0 Å². The second kappa shape index (κ2) is 6.38. The van der Waals surface area contributed by atoms with Gasteiger partial charge in [0.1, 0.15) is 16.6 Å². The van der Waals surface area contributed by atoms with E-state index in [0.29, 0.717) is 11.3 Å². The van der Waals surface area contributed by atoms with Crippen molar-refractivity contribution in [3.63, 3.8) is 0 Å². The van der Waals surface area contributed by atoms with Crippen LogP contribution in [0, 0.1) is 5.82 Å². The number of nitrogens with zero attached hydrogens (tertiary/aromatic N) is 2. The van der Waals surface area contributed by atoms with Gasteiger partial charge in [-0.25, -0.2) is 9.37 Å². The second-order valence-corrected chi connectivity index (χ2v) is 6.18. The molecule has 3 nitrogen and oxygen atoms in total. The molecule has 3 rings (SSSR count). The third-order valence-corrected chi connectivity index (χ3v) is 4.46. The van der Waals surface area contributed by atoms with Crippen LogP contribution in [0.4, 0.5) is 10.1 Å². The molecule has 0 fully saturated rings. The lowest BCUT2D eigenvalue weighted by Crippen LogP contribution is -2.07. The molecule has 0 amide bonds. The summed E-state index contributed by atoms with van der Waals surface area (Å²) in [6.07, 6.45) is 0. The summed E-state index contributed by atoms with van der Waals surface area (Å²) in [5.41, 5.74) is 3.57. The molecule has 0 radical (unpaired) electrons. The second-order valence-electron chi connectivity index (χ2n) is 5.32. The van der Waals surface area contributed by atoms with Crippen LogP contribution in [0.2, 0.25) is 0 Å². The Kier molecular flexibility index (Phi) is 4.30. The number of hydrogen-bond acceptors (Lipinski definition) is 4. The van der Waals surface area contributed by atoms with Crippen molar-refractivity contribution in [2.45, 2.75) is 0 Å². The van der Waals surface area contributed by atoms with Crippen LogP contribution >= 0.6 is 11.3 Å². The van der Waals surface area contributed by atoms with Gasteiger partial charge >= 0.3 is 0 Å². The van der Waals surface area contributed by atoms with Crippen LogP contribution in [0.1, 0.15) is 0 Å². The monoisotopic (exact) mass is 328 g/mol. The number of ether oxygens (including phenoxy) is 1. The first-order valence-corrected chi connectivity index (χ1v) is 8.03. The van der Waals surface area contributed by atoms with Gasteiger partial charge in [-0.05, 0) is 42.5 Å². The third kappa shape index (κ3) is 3.19. The van der Waals surface area contributed by atoms with Crippen LogP contribution in [0.3, 0.4) is 0 Å². The van der Waals surface area contributed by atoms with Crippen molar-refractivity contribution < 1.29 is 9.13 Å². The van der Waals surface area contributed by atoms with E-state index in [1.807, 2.05) is 31.6 Å². The summed E-state index contributed by atoms with van der Waals surface area (Å²) in [6, 6.07) is 12.7. The molecule has 0 aliphatic heterocycles. The topological polar surface area (TPSA) is 25.4 Å². The molecule has 3 aromatic rings. The van der Waals surface area contributed by atoms with E-state index in [1.165, 1.54) is 23.5 Å². The summed E-state index contributed by atoms with van der Waals surface area (Å²) in [4.78, 5) is 6.68. The predicted octanol–water partition coefficient (Wildman–Crippen LogP) is 4.69. The molecule has 118 valence electrons. The van der Waals surface area contributed by atoms with Crippen LogP contribution in [-0.2, 0) is 0 Å². The minimum Gasteiger partial charge on any atom is -0.496 e. The van der Waals surface area contributed by atoms with E-state index in [0.717, 1.165) is 22.0 Å². The van der Waals surface area contributed by atoms with Crippen molar-refractivity contribution >= 4 is 17.0 Å². The van der Waals surface area contributed by atoms with Crippen molar-refractivity contribution in [1.29, 1.82) is 0 Å². The molecule has 0 aliphatic rings. The first-order valence-electron chi connectivity index (χ1n) is 7.15. The third-order valence-electron chi connectivity index (χ3n) is 3.57. The molecule has 1 aromatic heterocycles. The van der Waals surface area contributed by atoms with Crippen molar-refractivity contribution in [1.82, 2.24) is 4.98 Å². The first-order chi connectivity index (χ1) is 11.1. The number of anilines is 1. The minimum atomic E-state index is -0.300. The van der Waals surface area contributed by atoms with Gasteiger partial charge in [-0.15, -0.1) is 11.3 Å². The highest BCUT2D eigenvalue weighted by Gasteiger charge is 2.12. The van der Waals surface area contributed by atoms with Gasteiger partial charge in [0.15, 0.2) is 0 Å². The lowest BCUT2D eigenvalue weighted by molar-refractivity contribution is 0.415. The molecular weight excluding hydrogens is 311 g/mol. The van der Waals surface area contributed by atoms with E-state index in [9.17, 15) is 4.39 Å². The Bertz CT molecular complexity index is 812. The Morgan fingerprint density at radius 2 is 1.83 bits per heavy atom. The Labute approximate surface area is 139 Å². The molecule has 0 bridgehead atoms. The Morgan fingerprint density at radius 1 is 1.09 bits per heavy atom. The molecule has 0 saturated heterocycles. The van der Waals surface area contributed by atoms with Gasteiger partial charge in [0.2, 0.25) is 0 Å². The van der Waals surface area contributed by atoms with E-state index in [1.54, 1.807) is 13.2 Å². The maximum Gasteiger partial charge on any atom is 0.128 e. The van der Waals surface area contributed by atoms with Crippen LogP contribution < -0.4 is 9.64 Å². The van der Waals surface area contributed by atoms with Gasteiger partial charge in [0, 0.05) is 36.3 Å². The van der Waals surface area contributed by atoms with Crippen molar-refractivity contribution in [2.24, 2.45) is 0 Å². The maximum absolute atomic E-state index is 13.5. The Hall–Kier alpha value is -2.40. The zero-order chi connectivity index (χ0) is 16.4.